The Morgan fingerprint density at radius 2 is 2.00 bits per heavy atom. The third-order valence-corrected chi connectivity index (χ3v) is 5.23. The van der Waals surface area contributed by atoms with Crippen LogP contribution in [0.25, 0.3) is 0 Å². The molecule has 23 heavy (non-hydrogen) atoms. The maximum atomic E-state index is 13.5. The molecule has 1 atom stereocenters. The average molecular weight is 346 g/mol. The summed E-state index contributed by atoms with van der Waals surface area (Å²) in [6.45, 7) is 0.674. The molecule has 5 nitrogen and oxygen atoms in total. The van der Waals surface area contributed by atoms with Crippen molar-refractivity contribution < 1.29 is 22.0 Å². The molecule has 1 N–H and O–H groups in total. The molecular weight excluding hydrogens is 326 g/mol. The van der Waals surface area contributed by atoms with E-state index < -0.39 is 27.6 Å². The minimum absolute atomic E-state index is 0.0484. The molecule has 2 rings (SSSR count). The van der Waals surface area contributed by atoms with E-state index in [0.717, 1.165) is 6.26 Å². The van der Waals surface area contributed by atoms with Gasteiger partial charge >= 0.3 is 0 Å². The van der Waals surface area contributed by atoms with E-state index in [1.807, 2.05) is 0 Å². The Kier molecular flexibility index (Phi) is 5.69. The summed E-state index contributed by atoms with van der Waals surface area (Å²) in [6, 6.07) is 3.63. The lowest BCUT2D eigenvalue weighted by atomic mass is 9.98. The molecule has 0 bridgehead atoms. The molecule has 1 aromatic carbocycles. The summed E-state index contributed by atoms with van der Waals surface area (Å²) in [7, 11) is -3.31. The van der Waals surface area contributed by atoms with Crippen molar-refractivity contribution in [3.8, 4) is 0 Å². The van der Waals surface area contributed by atoms with Crippen LogP contribution in [0, 0.1) is 17.6 Å². The lowest BCUT2D eigenvalue weighted by Gasteiger charge is -2.30. The fraction of sp³-hybridized carbons (Fsp3) is 0.533. The zero-order valence-electron chi connectivity index (χ0n) is 12.9. The van der Waals surface area contributed by atoms with E-state index >= 15 is 0 Å². The second-order valence-corrected chi connectivity index (χ2v) is 7.68. The fourth-order valence-corrected chi connectivity index (χ4v) is 3.60. The molecule has 1 heterocycles. The van der Waals surface area contributed by atoms with Gasteiger partial charge < -0.3 is 5.32 Å². The summed E-state index contributed by atoms with van der Waals surface area (Å²) in [5, 5.41) is 2.63. The van der Waals surface area contributed by atoms with Crippen LogP contribution in [0.4, 0.5) is 8.78 Å². The molecule has 1 aromatic rings. The molecule has 0 radical (unpaired) electrons. The Labute approximate surface area is 134 Å². The number of piperidine rings is 1. The van der Waals surface area contributed by atoms with Crippen molar-refractivity contribution in [3.05, 3.63) is 35.4 Å². The Morgan fingerprint density at radius 1 is 1.35 bits per heavy atom. The van der Waals surface area contributed by atoms with Crippen molar-refractivity contribution in [2.24, 2.45) is 5.92 Å². The summed E-state index contributed by atoms with van der Waals surface area (Å²) in [5.41, 5.74) is -0.0609. The standard InChI is InChI=1S/C15H20F2N2O3S/c1-23(21,22)19-9-3-4-11(10-19)15(20)18-8-7-12-13(16)5-2-6-14(12)17/h2,5-6,11H,3-4,7-10H2,1H3,(H,18,20). The number of nitrogens with zero attached hydrogens (tertiary/aromatic N) is 1. The van der Waals surface area contributed by atoms with Gasteiger partial charge in [-0.15, -0.1) is 0 Å². The number of carbonyl (C=O) groups excluding carboxylic acids is 1. The number of amides is 1. The van der Waals surface area contributed by atoms with Gasteiger partial charge in [-0.1, -0.05) is 6.07 Å². The van der Waals surface area contributed by atoms with E-state index in [2.05, 4.69) is 5.32 Å². The number of hydrogen-bond acceptors (Lipinski definition) is 3. The molecule has 1 saturated heterocycles. The van der Waals surface area contributed by atoms with E-state index in [1.54, 1.807) is 0 Å². The quantitative estimate of drug-likeness (QED) is 0.874. The van der Waals surface area contributed by atoms with Crippen molar-refractivity contribution >= 4 is 15.9 Å². The SMILES string of the molecule is CS(=O)(=O)N1CCCC(C(=O)NCCc2c(F)cccc2F)C1. The summed E-state index contributed by atoms with van der Waals surface area (Å²) in [4.78, 5) is 12.1. The van der Waals surface area contributed by atoms with Crippen molar-refractivity contribution in [1.29, 1.82) is 0 Å². The highest BCUT2D eigenvalue weighted by atomic mass is 32.2. The summed E-state index contributed by atoms with van der Waals surface area (Å²) >= 11 is 0. The Morgan fingerprint density at radius 3 is 2.61 bits per heavy atom. The molecule has 128 valence electrons. The minimum atomic E-state index is -3.31. The predicted octanol–water partition coefficient (Wildman–Crippen LogP) is 1.30. The largest absolute Gasteiger partial charge is 0.355 e. The van der Waals surface area contributed by atoms with Crippen LogP contribution in [0.3, 0.4) is 0 Å². The van der Waals surface area contributed by atoms with Gasteiger partial charge in [0.1, 0.15) is 11.6 Å². The van der Waals surface area contributed by atoms with Crippen LogP contribution in [0.1, 0.15) is 18.4 Å². The molecule has 0 aliphatic carbocycles. The summed E-state index contributed by atoms with van der Waals surface area (Å²) in [6.07, 6.45) is 2.39. The summed E-state index contributed by atoms with van der Waals surface area (Å²) < 4.78 is 51.3. The van der Waals surface area contributed by atoms with Gasteiger partial charge in [0.15, 0.2) is 0 Å². The van der Waals surface area contributed by atoms with E-state index in [9.17, 15) is 22.0 Å². The second kappa shape index (κ2) is 7.35. The highest BCUT2D eigenvalue weighted by Gasteiger charge is 2.29. The zero-order valence-corrected chi connectivity index (χ0v) is 13.7. The number of nitrogens with one attached hydrogen (secondary N) is 1. The number of sulfonamides is 1. The van der Waals surface area contributed by atoms with Gasteiger partial charge in [-0.3, -0.25) is 4.79 Å². The van der Waals surface area contributed by atoms with Crippen LogP contribution in [0.15, 0.2) is 18.2 Å². The lowest BCUT2D eigenvalue weighted by Crippen LogP contribution is -2.45. The first-order chi connectivity index (χ1) is 10.8. The van der Waals surface area contributed by atoms with Crippen molar-refractivity contribution in [2.75, 3.05) is 25.9 Å². The molecule has 0 spiro atoms. The van der Waals surface area contributed by atoms with E-state index in [1.165, 1.54) is 22.5 Å². The molecule has 8 heteroatoms. The van der Waals surface area contributed by atoms with Crippen LogP contribution in [0.2, 0.25) is 0 Å². The average Bonchev–Trinajstić information content (AvgIpc) is 2.49. The zero-order chi connectivity index (χ0) is 17.0. The van der Waals surface area contributed by atoms with Crippen LogP contribution >= 0.6 is 0 Å². The van der Waals surface area contributed by atoms with Crippen LogP contribution < -0.4 is 5.32 Å². The van der Waals surface area contributed by atoms with Crippen LogP contribution in [-0.4, -0.2) is 44.5 Å². The molecule has 1 aliphatic rings. The number of rotatable bonds is 5. The number of halogens is 2. The number of hydrogen-bond donors (Lipinski definition) is 1. The van der Waals surface area contributed by atoms with Crippen molar-refractivity contribution in [3.63, 3.8) is 0 Å². The van der Waals surface area contributed by atoms with E-state index in [4.69, 9.17) is 0 Å². The topological polar surface area (TPSA) is 66.5 Å². The molecule has 1 unspecified atom stereocenters. The van der Waals surface area contributed by atoms with E-state index in [0.29, 0.717) is 19.4 Å². The van der Waals surface area contributed by atoms with Gasteiger partial charge in [0.05, 0.1) is 12.2 Å². The number of carbonyl (C=O) groups is 1. The van der Waals surface area contributed by atoms with Gasteiger partial charge in [0, 0.05) is 25.2 Å². The first kappa shape index (κ1) is 17.8. The van der Waals surface area contributed by atoms with Gasteiger partial charge in [0.2, 0.25) is 15.9 Å². The maximum Gasteiger partial charge on any atom is 0.224 e. The molecule has 0 aromatic heterocycles. The normalized spacial score (nSPS) is 19.5. The lowest BCUT2D eigenvalue weighted by molar-refractivity contribution is -0.126. The van der Waals surface area contributed by atoms with E-state index in [-0.39, 0.29) is 31.0 Å². The Balaban J connectivity index is 1.88. The van der Waals surface area contributed by atoms with Crippen LogP contribution in [-0.2, 0) is 21.2 Å². The Bertz CT molecular complexity index is 659. The van der Waals surface area contributed by atoms with Crippen molar-refractivity contribution in [2.45, 2.75) is 19.3 Å². The smallest absolute Gasteiger partial charge is 0.224 e. The summed E-state index contributed by atoms with van der Waals surface area (Å²) in [5.74, 6) is -1.99. The van der Waals surface area contributed by atoms with Crippen LogP contribution in [0.5, 0.6) is 0 Å². The first-order valence-corrected chi connectivity index (χ1v) is 9.29. The monoisotopic (exact) mass is 346 g/mol. The fourth-order valence-electron chi connectivity index (χ4n) is 2.68. The Hall–Kier alpha value is -1.54. The highest BCUT2D eigenvalue weighted by molar-refractivity contribution is 7.88. The highest BCUT2D eigenvalue weighted by Crippen LogP contribution is 2.19. The van der Waals surface area contributed by atoms with Crippen molar-refractivity contribution in [1.82, 2.24) is 9.62 Å². The molecule has 1 amide bonds. The molecular formula is C15H20F2N2O3S. The van der Waals surface area contributed by atoms with Gasteiger partial charge in [0.25, 0.3) is 0 Å². The molecule has 1 fully saturated rings. The molecule has 0 saturated carbocycles. The minimum Gasteiger partial charge on any atom is -0.355 e. The van der Waals surface area contributed by atoms with Gasteiger partial charge in [-0.25, -0.2) is 21.5 Å². The van der Waals surface area contributed by atoms with Gasteiger partial charge in [-0.2, -0.15) is 0 Å². The predicted molar refractivity (Wildman–Crippen MR) is 82.2 cm³/mol. The third-order valence-electron chi connectivity index (χ3n) is 3.96. The first-order valence-electron chi connectivity index (χ1n) is 7.44. The number of benzene rings is 1. The third kappa shape index (κ3) is 4.71. The molecule has 1 aliphatic heterocycles. The second-order valence-electron chi connectivity index (χ2n) is 5.70. The maximum absolute atomic E-state index is 13.5. The van der Waals surface area contributed by atoms with Gasteiger partial charge in [-0.05, 0) is 31.4 Å².